The van der Waals surface area contributed by atoms with Crippen LogP contribution >= 0.6 is 0 Å². The number of aromatic carboxylic acids is 1. The molecule has 84 valence electrons. The minimum absolute atomic E-state index is 0.0310. The van der Waals surface area contributed by atoms with E-state index in [4.69, 9.17) is 5.11 Å². The number of aromatic hydroxyl groups is 1. The van der Waals surface area contributed by atoms with E-state index >= 15 is 0 Å². The van der Waals surface area contributed by atoms with Crippen LogP contribution < -0.4 is 0 Å². The molecule has 0 unspecified atom stereocenters. The van der Waals surface area contributed by atoms with Crippen LogP contribution in [0.5, 0.6) is 5.75 Å². The number of hydrogen-bond donors (Lipinski definition) is 2. The predicted octanol–water partition coefficient (Wildman–Crippen LogP) is 1.69. The molecular formula is C11H12N2O3. The van der Waals surface area contributed by atoms with Gasteiger partial charge in [0, 0.05) is 6.42 Å². The maximum Gasteiger partial charge on any atom is 0.356 e. The van der Waals surface area contributed by atoms with E-state index in [0.29, 0.717) is 17.8 Å². The van der Waals surface area contributed by atoms with Crippen LogP contribution in [0.4, 0.5) is 0 Å². The van der Waals surface area contributed by atoms with E-state index < -0.39 is 5.97 Å². The molecule has 0 spiro atoms. The first-order chi connectivity index (χ1) is 7.63. The summed E-state index contributed by atoms with van der Waals surface area (Å²) < 4.78 is 1.63. The van der Waals surface area contributed by atoms with Gasteiger partial charge in [0.15, 0.2) is 5.69 Å². The Morgan fingerprint density at radius 2 is 2.25 bits per heavy atom. The summed E-state index contributed by atoms with van der Waals surface area (Å²) in [6.07, 6.45) is 3.03. The zero-order valence-corrected chi connectivity index (χ0v) is 8.84. The fraction of sp³-hybridized carbons (Fsp3) is 0.273. The van der Waals surface area contributed by atoms with Gasteiger partial charge in [-0.25, -0.2) is 9.78 Å². The maximum absolute atomic E-state index is 11.0. The van der Waals surface area contributed by atoms with Gasteiger partial charge in [-0.15, -0.1) is 0 Å². The molecule has 2 aromatic heterocycles. The van der Waals surface area contributed by atoms with Gasteiger partial charge in [0.05, 0.1) is 11.7 Å². The SMILES string of the molecule is CCCc1nc(C(=O)O)c2ccc(O)cn12. The second kappa shape index (κ2) is 3.84. The summed E-state index contributed by atoms with van der Waals surface area (Å²) in [7, 11) is 0. The molecule has 5 heteroatoms. The number of hydrogen-bond acceptors (Lipinski definition) is 3. The third-order valence-corrected chi connectivity index (χ3v) is 2.37. The quantitative estimate of drug-likeness (QED) is 0.825. The highest BCUT2D eigenvalue weighted by Crippen LogP contribution is 2.18. The number of carbonyl (C=O) groups is 1. The van der Waals surface area contributed by atoms with E-state index in [1.165, 1.54) is 12.3 Å². The highest BCUT2D eigenvalue weighted by Gasteiger charge is 2.16. The standard InChI is InChI=1S/C11H12N2O3/c1-2-3-9-12-10(11(15)16)8-5-4-7(14)6-13(8)9/h4-6,14H,2-3H2,1H3,(H,15,16). The van der Waals surface area contributed by atoms with Crippen LogP contribution in [0, 0.1) is 0 Å². The minimum atomic E-state index is -1.05. The average Bonchev–Trinajstić information content (AvgIpc) is 2.58. The van der Waals surface area contributed by atoms with E-state index in [1.807, 2.05) is 6.92 Å². The molecule has 0 fully saturated rings. The lowest BCUT2D eigenvalue weighted by atomic mass is 10.3. The number of aryl methyl sites for hydroxylation is 1. The number of aromatic nitrogens is 2. The van der Waals surface area contributed by atoms with Crippen molar-refractivity contribution in [1.29, 1.82) is 0 Å². The van der Waals surface area contributed by atoms with Gasteiger partial charge in [-0.3, -0.25) is 4.40 Å². The van der Waals surface area contributed by atoms with E-state index in [1.54, 1.807) is 10.5 Å². The second-order valence-electron chi connectivity index (χ2n) is 3.57. The molecule has 16 heavy (non-hydrogen) atoms. The minimum Gasteiger partial charge on any atom is -0.506 e. The van der Waals surface area contributed by atoms with Crippen molar-refractivity contribution in [2.45, 2.75) is 19.8 Å². The third kappa shape index (κ3) is 1.60. The Bertz CT molecular complexity index is 545. The summed E-state index contributed by atoms with van der Waals surface area (Å²) in [5.74, 6) is -0.296. The zero-order valence-electron chi connectivity index (χ0n) is 8.84. The van der Waals surface area contributed by atoms with Gasteiger partial charge in [0.1, 0.15) is 11.6 Å². The molecule has 0 aliphatic carbocycles. The van der Waals surface area contributed by atoms with E-state index in [-0.39, 0.29) is 11.4 Å². The summed E-state index contributed by atoms with van der Waals surface area (Å²) >= 11 is 0. The van der Waals surface area contributed by atoms with Gasteiger partial charge in [-0.1, -0.05) is 6.92 Å². The van der Waals surface area contributed by atoms with Crippen molar-refractivity contribution in [2.24, 2.45) is 0 Å². The molecule has 0 saturated carbocycles. The lowest BCUT2D eigenvalue weighted by Gasteiger charge is -1.99. The molecular weight excluding hydrogens is 208 g/mol. The van der Waals surface area contributed by atoms with Crippen molar-refractivity contribution in [3.8, 4) is 5.75 Å². The summed E-state index contributed by atoms with van der Waals surface area (Å²) in [4.78, 5) is 15.1. The Morgan fingerprint density at radius 3 is 2.88 bits per heavy atom. The van der Waals surface area contributed by atoms with Gasteiger partial charge in [0.2, 0.25) is 0 Å². The molecule has 0 amide bonds. The number of pyridine rings is 1. The Balaban J connectivity index is 2.71. The first-order valence-electron chi connectivity index (χ1n) is 5.06. The van der Waals surface area contributed by atoms with Gasteiger partial charge in [0.25, 0.3) is 0 Å². The fourth-order valence-electron chi connectivity index (χ4n) is 1.69. The summed E-state index contributed by atoms with van der Waals surface area (Å²) in [5, 5.41) is 18.4. The lowest BCUT2D eigenvalue weighted by Crippen LogP contribution is -1.97. The lowest BCUT2D eigenvalue weighted by molar-refractivity contribution is 0.0693. The molecule has 0 bridgehead atoms. The van der Waals surface area contributed by atoms with Gasteiger partial charge in [-0.05, 0) is 18.6 Å². The Labute approximate surface area is 92.0 Å². The van der Waals surface area contributed by atoms with Gasteiger partial charge in [-0.2, -0.15) is 0 Å². The predicted molar refractivity (Wildman–Crippen MR) is 57.8 cm³/mol. The molecule has 2 rings (SSSR count). The van der Waals surface area contributed by atoms with E-state index in [0.717, 1.165) is 6.42 Å². The second-order valence-corrected chi connectivity index (χ2v) is 3.57. The van der Waals surface area contributed by atoms with Gasteiger partial charge >= 0.3 is 5.97 Å². The molecule has 0 saturated heterocycles. The molecule has 2 heterocycles. The Hall–Kier alpha value is -2.04. The van der Waals surface area contributed by atoms with Crippen LogP contribution in [0.1, 0.15) is 29.7 Å². The molecule has 0 aromatic carbocycles. The molecule has 0 radical (unpaired) electrons. The number of fused-ring (bicyclic) bond motifs is 1. The van der Waals surface area contributed by atoms with Crippen molar-refractivity contribution in [3.63, 3.8) is 0 Å². The molecule has 2 aromatic rings. The van der Waals surface area contributed by atoms with Crippen LogP contribution in [0.2, 0.25) is 0 Å². The van der Waals surface area contributed by atoms with E-state index in [9.17, 15) is 9.90 Å². The van der Waals surface area contributed by atoms with Crippen LogP contribution in [-0.4, -0.2) is 25.6 Å². The molecule has 2 N–H and O–H groups in total. The van der Waals surface area contributed by atoms with Crippen LogP contribution in [0.15, 0.2) is 18.3 Å². The van der Waals surface area contributed by atoms with Crippen molar-refractivity contribution in [3.05, 3.63) is 29.8 Å². The smallest absolute Gasteiger partial charge is 0.356 e. The third-order valence-electron chi connectivity index (χ3n) is 2.37. The highest BCUT2D eigenvalue weighted by molar-refractivity contribution is 5.93. The summed E-state index contributed by atoms with van der Waals surface area (Å²) in [6, 6.07) is 3.02. The number of imidazole rings is 1. The number of carboxylic acid groups (broad SMARTS) is 1. The van der Waals surface area contributed by atoms with E-state index in [2.05, 4.69) is 4.98 Å². The zero-order chi connectivity index (χ0) is 11.7. The number of carboxylic acids is 1. The molecule has 0 aliphatic heterocycles. The van der Waals surface area contributed by atoms with Crippen molar-refractivity contribution in [2.75, 3.05) is 0 Å². The molecule has 0 atom stereocenters. The first kappa shape index (κ1) is 10.5. The summed E-state index contributed by atoms with van der Waals surface area (Å²) in [5.41, 5.74) is 0.539. The fourth-order valence-corrected chi connectivity index (χ4v) is 1.69. The Kier molecular flexibility index (Phi) is 2.52. The number of rotatable bonds is 3. The molecule has 5 nitrogen and oxygen atoms in total. The van der Waals surface area contributed by atoms with Crippen LogP contribution in [-0.2, 0) is 6.42 Å². The van der Waals surface area contributed by atoms with Crippen LogP contribution in [0.3, 0.4) is 0 Å². The normalized spacial score (nSPS) is 10.8. The average molecular weight is 220 g/mol. The Morgan fingerprint density at radius 1 is 1.50 bits per heavy atom. The van der Waals surface area contributed by atoms with Gasteiger partial charge < -0.3 is 10.2 Å². The first-order valence-corrected chi connectivity index (χ1v) is 5.06. The monoisotopic (exact) mass is 220 g/mol. The largest absolute Gasteiger partial charge is 0.506 e. The van der Waals surface area contributed by atoms with Crippen molar-refractivity contribution in [1.82, 2.24) is 9.38 Å². The number of nitrogens with zero attached hydrogens (tertiary/aromatic N) is 2. The van der Waals surface area contributed by atoms with Crippen LogP contribution in [0.25, 0.3) is 5.52 Å². The highest BCUT2D eigenvalue weighted by atomic mass is 16.4. The van der Waals surface area contributed by atoms with Crippen molar-refractivity contribution >= 4 is 11.5 Å². The molecule has 0 aliphatic rings. The topological polar surface area (TPSA) is 74.8 Å². The summed E-state index contributed by atoms with van der Waals surface area (Å²) in [6.45, 7) is 1.99. The van der Waals surface area contributed by atoms with Crippen molar-refractivity contribution < 1.29 is 15.0 Å². The maximum atomic E-state index is 11.0.